The van der Waals surface area contributed by atoms with Gasteiger partial charge < -0.3 is 75.3 Å². The van der Waals surface area contributed by atoms with E-state index < -0.39 is 111 Å². The second kappa shape index (κ2) is 25.0. The molecule has 1 fully saturated rings. The van der Waals surface area contributed by atoms with E-state index in [9.17, 15) is 53.1 Å². The maximum absolute atomic E-state index is 13.9. The van der Waals surface area contributed by atoms with E-state index in [1.807, 2.05) is 0 Å². The smallest absolute Gasteiger partial charge is 0.479 e. The molecule has 5 aromatic heterocycles. The summed E-state index contributed by atoms with van der Waals surface area (Å²) in [6.07, 6.45) is -9.15. The summed E-state index contributed by atoms with van der Waals surface area (Å²) in [6.45, 7) is -1.79. The SMILES string of the molecule is CNc1nc2c(c(=O)[nH]1)N(CCOc1ccc(Cl)cc1)C(c1ccc(P(=O)(O)OP(O)OP(=O)(O)OCC(OC)C(OP(=O)(O)OCC3OC(n4cnc5c(=O)[nH]c(N)nc54)C(O)C3O)C(OC)n3cnc4c(NC)ncnc43)cc1)N2. The predicted molar refractivity (Wildman–Crippen MR) is 289 cm³/mol. The van der Waals surface area contributed by atoms with Gasteiger partial charge >= 0.3 is 31.8 Å². The molecule has 9 rings (SSSR count). The van der Waals surface area contributed by atoms with Crippen LogP contribution >= 0.6 is 43.4 Å². The number of hydrogen-bond donors (Lipinski definition) is 12. The molecule has 12 atom stereocenters. The van der Waals surface area contributed by atoms with Gasteiger partial charge in [0.05, 0.1) is 37.7 Å². The molecule has 7 heterocycles. The molecule has 0 bridgehead atoms. The van der Waals surface area contributed by atoms with Gasteiger partial charge in [-0.05, 0) is 42.0 Å². The number of nitrogens with zero attached hydrogens (tertiary/aromatic N) is 9. The highest BCUT2D eigenvalue weighted by molar-refractivity contribution is 7.69. The van der Waals surface area contributed by atoms with E-state index in [1.165, 1.54) is 35.2 Å². The lowest BCUT2D eigenvalue weighted by Gasteiger charge is -2.33. The number of rotatable bonds is 26. The first-order valence-electron chi connectivity index (χ1n) is 23.9. The number of fused-ring (bicyclic) bond motifs is 3. The second-order valence-corrected chi connectivity index (χ2v) is 23.9. The average molecular weight is 1250 g/mol. The number of methoxy groups -OCH3 is 2. The van der Waals surface area contributed by atoms with Gasteiger partial charge in [0, 0.05) is 33.3 Å². The molecular formula is C42H52ClN15O20P4. The van der Waals surface area contributed by atoms with Gasteiger partial charge in [-0.3, -0.25) is 46.8 Å². The molecule has 40 heteroatoms. The number of imidazole rings is 2. The number of H-pyrrole nitrogens is 2. The van der Waals surface area contributed by atoms with Crippen molar-refractivity contribution in [1.29, 1.82) is 0 Å². The number of aliphatic hydroxyl groups excluding tert-OH is 2. The number of benzene rings is 2. The summed E-state index contributed by atoms with van der Waals surface area (Å²) in [5, 5.41) is 30.8. The van der Waals surface area contributed by atoms with Crippen molar-refractivity contribution in [2.24, 2.45) is 0 Å². The highest BCUT2D eigenvalue weighted by Gasteiger charge is 2.47. The summed E-state index contributed by atoms with van der Waals surface area (Å²) in [5.41, 5.74) is 5.10. The third-order valence-corrected chi connectivity index (χ3v) is 18.0. The number of aromatic nitrogens is 10. The standard InChI is InChI=1S/C42H52ClN15O20P4/c1-45-32-26-35(48-17-47-32)57(18-49-26)40(71-4)31(76-81(66,67)73-15-24-29(59)30(60)39(75-24)58-19-50-27-36(58)53-41(44)54-37(27)61)25(70-3)16-74-82(68,69)78-79(63)77-80(64,65)23-11-5-20(6-12-23)34-51-33-28(38(62)55-42(46-2)52-33)56(34)13-14-72-22-9-7-21(43)8-10-22/h5-12,17-19,24-25,29-31,34,39-40,59-60,63H,13-16H2,1-4H3,(H,64,65)(H,66,67)(H,68,69)(H,45,47,48)(H3,44,53,54,61)(H3,46,51,52,55,62). The number of aromatic amines is 2. The highest BCUT2D eigenvalue weighted by Crippen LogP contribution is 2.62. The maximum Gasteiger partial charge on any atom is 0.479 e. The molecule has 13 N–H and O–H groups in total. The number of nitrogen functional groups attached to an aromatic ring is 1. The zero-order valence-corrected chi connectivity index (χ0v) is 47.3. The molecule has 442 valence electrons. The Bertz CT molecular complexity index is 3680. The van der Waals surface area contributed by atoms with Crippen LogP contribution in [0.2, 0.25) is 5.02 Å². The fraction of sp³-hybridized carbons (Fsp3) is 0.381. The van der Waals surface area contributed by atoms with E-state index in [0.29, 0.717) is 16.3 Å². The van der Waals surface area contributed by atoms with Crippen molar-refractivity contribution in [1.82, 2.24) is 49.0 Å². The van der Waals surface area contributed by atoms with Crippen LogP contribution in [-0.2, 0) is 50.1 Å². The average Bonchev–Trinajstić information content (AvgIpc) is 3.41. The summed E-state index contributed by atoms with van der Waals surface area (Å²) in [5.74, 6) is 0.887. The van der Waals surface area contributed by atoms with Crippen LogP contribution in [0.3, 0.4) is 0 Å². The van der Waals surface area contributed by atoms with Crippen LogP contribution in [0.25, 0.3) is 22.3 Å². The Hall–Kier alpha value is -6.13. The van der Waals surface area contributed by atoms with Gasteiger partial charge in [0.1, 0.15) is 66.6 Å². The van der Waals surface area contributed by atoms with E-state index in [2.05, 4.69) is 55.8 Å². The number of nitrogens with one attached hydrogen (secondary N) is 5. The fourth-order valence-corrected chi connectivity index (χ4v) is 13.0. The topological polar surface area (TPSA) is 474 Å². The fourth-order valence-electron chi connectivity index (χ4n) is 8.67. The monoisotopic (exact) mass is 1250 g/mol. The van der Waals surface area contributed by atoms with Crippen LogP contribution in [0.4, 0.5) is 29.2 Å². The van der Waals surface area contributed by atoms with Crippen LogP contribution < -0.4 is 47.7 Å². The molecular weight excluding hydrogens is 1190 g/mol. The summed E-state index contributed by atoms with van der Waals surface area (Å²) >= 11 is 6.00. The van der Waals surface area contributed by atoms with Crippen molar-refractivity contribution in [2.45, 2.75) is 49.1 Å². The molecule has 1 saturated heterocycles. The number of aliphatic hydroxyl groups is 2. The molecule has 0 aliphatic carbocycles. The maximum atomic E-state index is 13.9. The minimum Gasteiger partial charge on any atom is -0.492 e. The Balaban J connectivity index is 0.874. The molecule has 0 amide bonds. The number of hydrogen-bond acceptors (Lipinski definition) is 28. The molecule has 2 aromatic carbocycles. The van der Waals surface area contributed by atoms with Gasteiger partial charge in [-0.2, -0.15) is 9.97 Å². The van der Waals surface area contributed by atoms with Gasteiger partial charge in [-0.1, -0.05) is 23.7 Å². The Morgan fingerprint density at radius 1 is 0.854 bits per heavy atom. The molecule has 35 nitrogen and oxygen atoms in total. The Morgan fingerprint density at radius 2 is 1.59 bits per heavy atom. The Morgan fingerprint density at radius 3 is 2.28 bits per heavy atom. The van der Waals surface area contributed by atoms with Crippen LogP contribution in [0.5, 0.6) is 5.75 Å². The minimum absolute atomic E-state index is 0.0654. The lowest BCUT2D eigenvalue weighted by atomic mass is 10.1. The predicted octanol–water partition coefficient (Wildman–Crippen LogP) is 1.53. The lowest BCUT2D eigenvalue weighted by Crippen LogP contribution is -2.42. The molecule has 0 radical (unpaired) electrons. The molecule has 2 aliphatic heterocycles. The van der Waals surface area contributed by atoms with E-state index >= 15 is 0 Å². The lowest BCUT2D eigenvalue weighted by molar-refractivity contribution is -0.127. The van der Waals surface area contributed by atoms with E-state index in [0.717, 1.165) is 31.4 Å². The van der Waals surface area contributed by atoms with Gasteiger partial charge in [0.2, 0.25) is 11.9 Å². The molecule has 12 unspecified atom stereocenters. The largest absolute Gasteiger partial charge is 0.492 e. The van der Waals surface area contributed by atoms with Gasteiger partial charge in [0.25, 0.3) is 11.1 Å². The molecule has 0 spiro atoms. The quantitative estimate of drug-likeness (QED) is 0.0342. The van der Waals surface area contributed by atoms with Crippen LogP contribution in [0.1, 0.15) is 24.2 Å². The molecule has 2 aliphatic rings. The second-order valence-electron chi connectivity index (χ2n) is 17.5. The van der Waals surface area contributed by atoms with Crippen LogP contribution in [0, 0.1) is 0 Å². The number of halogens is 1. The number of nitrogens with two attached hydrogens (primary N) is 1. The number of anilines is 5. The number of phosphoric ester groups is 2. The van der Waals surface area contributed by atoms with Gasteiger partial charge in [-0.25, -0.2) is 37.7 Å². The number of ether oxygens (including phenoxy) is 4. The Labute approximate surface area is 467 Å². The third-order valence-electron chi connectivity index (χ3n) is 12.5. The zero-order chi connectivity index (χ0) is 58.8. The highest BCUT2D eigenvalue weighted by atomic mass is 35.5. The third kappa shape index (κ3) is 13.1. The first-order chi connectivity index (χ1) is 39.0. The normalized spacial score (nSPS) is 21.7. The molecule has 82 heavy (non-hydrogen) atoms. The Kier molecular flexibility index (Phi) is 18.4. The summed E-state index contributed by atoms with van der Waals surface area (Å²) in [6, 6.07) is 11.9. The van der Waals surface area contributed by atoms with E-state index in [4.69, 9.17) is 58.5 Å². The summed E-state index contributed by atoms with van der Waals surface area (Å²) in [7, 11) is -14.5. The van der Waals surface area contributed by atoms with Crippen LogP contribution in [-0.4, -0.2) is 164 Å². The zero-order valence-electron chi connectivity index (χ0n) is 43.0. The van der Waals surface area contributed by atoms with Crippen LogP contribution in [0.15, 0.2) is 77.1 Å². The minimum atomic E-state index is -5.56. The van der Waals surface area contributed by atoms with Gasteiger partial charge in [-0.15, -0.1) is 0 Å². The van der Waals surface area contributed by atoms with Crippen molar-refractivity contribution in [3.63, 3.8) is 0 Å². The van der Waals surface area contributed by atoms with Crippen molar-refractivity contribution in [3.8, 4) is 5.75 Å². The number of phosphoric acid groups is 2. The first-order valence-corrected chi connectivity index (χ1v) is 29.9. The first kappa shape index (κ1) is 60.5. The molecule has 7 aromatic rings. The summed E-state index contributed by atoms with van der Waals surface area (Å²) in [4.78, 5) is 101. The van der Waals surface area contributed by atoms with Crippen molar-refractivity contribution < 1.29 is 84.6 Å². The van der Waals surface area contributed by atoms with E-state index in [1.54, 1.807) is 43.3 Å². The summed E-state index contributed by atoms with van der Waals surface area (Å²) < 4.78 is 91.9. The van der Waals surface area contributed by atoms with Crippen molar-refractivity contribution in [2.75, 3.05) is 81.3 Å². The van der Waals surface area contributed by atoms with Crippen molar-refractivity contribution >= 4 is 100 Å². The van der Waals surface area contributed by atoms with Gasteiger partial charge in [0.15, 0.2) is 40.9 Å². The van der Waals surface area contributed by atoms with Crippen molar-refractivity contribution in [3.05, 3.63) is 98.8 Å². The van der Waals surface area contributed by atoms with E-state index in [-0.39, 0.29) is 64.7 Å². The molecule has 0 saturated carbocycles.